The quantitative estimate of drug-likeness (QED) is 0.197. The first-order chi connectivity index (χ1) is 17.0. The van der Waals surface area contributed by atoms with Crippen molar-refractivity contribution >= 4 is 62.1 Å². The molecule has 0 radical (unpaired) electrons. The Morgan fingerprint density at radius 2 is 2.03 bits per heavy atom. The van der Waals surface area contributed by atoms with E-state index < -0.39 is 11.5 Å². The fourth-order valence-electron chi connectivity index (χ4n) is 3.93. The predicted molar refractivity (Wildman–Crippen MR) is 164 cm³/mol. The first-order valence-electron chi connectivity index (χ1n) is 11.8. The van der Waals surface area contributed by atoms with Crippen molar-refractivity contribution in [2.75, 3.05) is 0 Å². The van der Waals surface area contributed by atoms with Gasteiger partial charge >= 0.3 is 5.69 Å². The van der Waals surface area contributed by atoms with Crippen LogP contribution < -0.4 is 5.69 Å². The van der Waals surface area contributed by atoms with Crippen LogP contribution in [0.15, 0.2) is 35.3 Å². The number of rotatable bonds is 10. The van der Waals surface area contributed by atoms with Crippen LogP contribution in [0.1, 0.15) is 55.9 Å². The van der Waals surface area contributed by atoms with Crippen LogP contribution in [0.3, 0.4) is 0 Å². The second-order valence-electron chi connectivity index (χ2n) is 9.04. The van der Waals surface area contributed by atoms with Gasteiger partial charge in [0.15, 0.2) is 5.82 Å². The summed E-state index contributed by atoms with van der Waals surface area (Å²) in [6, 6.07) is 7.22. The second kappa shape index (κ2) is 12.7. The van der Waals surface area contributed by atoms with Crippen LogP contribution in [0.5, 0.6) is 0 Å². The normalized spacial score (nSPS) is 13.3. The second-order valence-corrected chi connectivity index (χ2v) is 13.4. The standard InChI is InChI=1S/C25H33FIN4O2P3/c1-5-16-8-7-9-28-20(16)13-22(34)18-12-19(26)21(11-17(18)10-15(3)25(4,35)36)31-24(32)30(6-2)23(29-31)14-33-27/h7-9,11-13,15H,5-6,10,14,34-36H2,1-4H3/b22-13-/t15-/m1/s1. The van der Waals surface area contributed by atoms with Gasteiger partial charge in [-0.15, -0.1) is 32.8 Å². The molecule has 4 atom stereocenters. The Hall–Kier alpha value is -1.04. The maximum absolute atomic E-state index is 15.6. The molecule has 0 aliphatic rings. The number of nitrogens with zero attached hydrogens (tertiary/aromatic N) is 4. The zero-order valence-electron chi connectivity index (χ0n) is 21.0. The molecule has 11 heteroatoms. The first-order valence-corrected chi connectivity index (χ1v) is 14.4. The minimum Gasteiger partial charge on any atom is -0.308 e. The Morgan fingerprint density at radius 3 is 2.64 bits per heavy atom. The number of aryl methyl sites for hydroxylation is 1. The molecular weight excluding hydrogens is 627 g/mol. The van der Waals surface area contributed by atoms with Crippen molar-refractivity contribution in [1.82, 2.24) is 19.3 Å². The van der Waals surface area contributed by atoms with Crippen LogP contribution in [-0.4, -0.2) is 24.2 Å². The van der Waals surface area contributed by atoms with Gasteiger partial charge in [-0.25, -0.2) is 9.18 Å². The van der Waals surface area contributed by atoms with Gasteiger partial charge in [-0.3, -0.25) is 9.55 Å². The third-order valence-electron chi connectivity index (χ3n) is 6.34. The van der Waals surface area contributed by atoms with Gasteiger partial charge in [0.1, 0.15) is 41.1 Å². The predicted octanol–water partition coefficient (Wildman–Crippen LogP) is 6.04. The van der Waals surface area contributed by atoms with Gasteiger partial charge < -0.3 is 3.07 Å². The van der Waals surface area contributed by atoms with Crippen molar-refractivity contribution in [1.29, 1.82) is 0 Å². The number of hydrogen-bond donors (Lipinski definition) is 0. The summed E-state index contributed by atoms with van der Waals surface area (Å²) in [6.07, 6.45) is 5.25. The van der Waals surface area contributed by atoms with E-state index in [0.29, 0.717) is 18.8 Å². The molecule has 194 valence electrons. The average molecular weight is 660 g/mol. The minimum atomic E-state index is -0.518. The largest absolute Gasteiger partial charge is 0.350 e. The summed E-state index contributed by atoms with van der Waals surface area (Å²) in [5, 5.41) is 5.22. The van der Waals surface area contributed by atoms with Crippen LogP contribution in [0.4, 0.5) is 4.39 Å². The molecule has 0 bridgehead atoms. The van der Waals surface area contributed by atoms with E-state index in [1.807, 2.05) is 25.1 Å². The van der Waals surface area contributed by atoms with Crippen molar-refractivity contribution in [2.24, 2.45) is 5.92 Å². The monoisotopic (exact) mass is 660 g/mol. The van der Waals surface area contributed by atoms with Crippen LogP contribution >= 0.6 is 50.7 Å². The third kappa shape index (κ3) is 6.69. The smallest absolute Gasteiger partial charge is 0.308 e. The zero-order chi connectivity index (χ0) is 26.6. The minimum absolute atomic E-state index is 0.113. The lowest BCUT2D eigenvalue weighted by molar-refractivity contribution is 0.389. The van der Waals surface area contributed by atoms with Crippen LogP contribution in [0.2, 0.25) is 0 Å². The fourth-order valence-corrected chi connectivity index (χ4v) is 4.87. The van der Waals surface area contributed by atoms with E-state index in [9.17, 15) is 4.79 Å². The lowest BCUT2D eigenvalue weighted by Crippen LogP contribution is -2.25. The molecule has 2 heterocycles. The molecule has 0 aliphatic heterocycles. The molecule has 0 spiro atoms. The van der Waals surface area contributed by atoms with E-state index in [1.54, 1.807) is 35.3 Å². The SMILES string of the molecule is CCc1cccnc1/C=C(\P)c1cc(F)c(-n2nc(COI)n(CC)c2=O)cc1C[C@@H](C)C(C)(P)P. The lowest BCUT2D eigenvalue weighted by atomic mass is 9.93. The highest BCUT2D eigenvalue weighted by atomic mass is 127. The number of pyridine rings is 1. The highest BCUT2D eigenvalue weighted by Gasteiger charge is 2.24. The molecule has 2 aromatic heterocycles. The third-order valence-corrected chi connectivity index (χ3v) is 8.27. The van der Waals surface area contributed by atoms with E-state index >= 15 is 4.39 Å². The van der Waals surface area contributed by atoms with Gasteiger partial charge in [0.25, 0.3) is 0 Å². The number of benzene rings is 1. The molecule has 3 unspecified atom stereocenters. The average Bonchev–Trinajstić information content (AvgIpc) is 3.14. The topological polar surface area (TPSA) is 61.9 Å². The van der Waals surface area contributed by atoms with Crippen LogP contribution in [0.25, 0.3) is 17.1 Å². The van der Waals surface area contributed by atoms with Crippen LogP contribution in [0, 0.1) is 11.7 Å². The number of aromatic nitrogens is 4. The maximum Gasteiger partial charge on any atom is 0.350 e. The van der Waals surface area contributed by atoms with E-state index in [2.05, 4.69) is 58.6 Å². The van der Waals surface area contributed by atoms with Gasteiger partial charge in [0.2, 0.25) is 0 Å². The summed E-state index contributed by atoms with van der Waals surface area (Å²) in [5.41, 5.74) is 3.40. The molecule has 0 fully saturated rings. The molecule has 0 amide bonds. The molecule has 0 saturated carbocycles. The summed E-state index contributed by atoms with van der Waals surface area (Å²) in [7, 11) is 8.46. The molecular formula is C25H33FIN4O2P3. The van der Waals surface area contributed by atoms with Gasteiger partial charge in [0.05, 0.1) is 5.69 Å². The van der Waals surface area contributed by atoms with Gasteiger partial charge in [-0.05, 0) is 76.9 Å². The Labute approximate surface area is 233 Å². The summed E-state index contributed by atoms with van der Waals surface area (Å²) in [6.45, 7) is 8.78. The van der Waals surface area contributed by atoms with E-state index in [0.717, 1.165) is 38.8 Å². The van der Waals surface area contributed by atoms with E-state index in [4.69, 9.17) is 3.07 Å². The van der Waals surface area contributed by atoms with Gasteiger partial charge in [0, 0.05) is 12.7 Å². The van der Waals surface area contributed by atoms with Crippen molar-refractivity contribution in [3.8, 4) is 5.69 Å². The number of halogens is 2. The Bertz CT molecular complexity index is 1320. The number of hydrogen-bond acceptors (Lipinski definition) is 4. The Balaban J connectivity index is 2.21. The van der Waals surface area contributed by atoms with Crippen molar-refractivity contribution in [3.05, 3.63) is 75.0 Å². The van der Waals surface area contributed by atoms with E-state index in [-0.39, 0.29) is 23.1 Å². The molecule has 1 aromatic carbocycles. The maximum atomic E-state index is 15.6. The summed E-state index contributed by atoms with van der Waals surface area (Å²) in [4.78, 5) is 17.5. The molecule has 0 aliphatic carbocycles. The van der Waals surface area contributed by atoms with Crippen molar-refractivity contribution < 1.29 is 7.46 Å². The van der Waals surface area contributed by atoms with Gasteiger partial charge in [-0.2, -0.15) is 4.68 Å². The summed E-state index contributed by atoms with van der Waals surface area (Å²) in [5.74, 6) is 0.166. The molecule has 0 N–H and O–H groups in total. The highest BCUT2D eigenvalue weighted by molar-refractivity contribution is 14.1. The molecule has 36 heavy (non-hydrogen) atoms. The molecule has 0 saturated heterocycles. The van der Waals surface area contributed by atoms with E-state index in [1.165, 1.54) is 10.6 Å². The lowest BCUT2D eigenvalue weighted by Gasteiger charge is -2.28. The molecule has 3 aromatic rings. The molecule has 6 nitrogen and oxygen atoms in total. The van der Waals surface area contributed by atoms with Crippen LogP contribution in [-0.2, 0) is 29.1 Å². The van der Waals surface area contributed by atoms with Crippen molar-refractivity contribution in [2.45, 2.75) is 58.6 Å². The van der Waals surface area contributed by atoms with Crippen molar-refractivity contribution in [3.63, 3.8) is 0 Å². The fraction of sp³-hybridized carbons (Fsp3) is 0.400. The molecule has 3 rings (SSSR count). The highest BCUT2D eigenvalue weighted by Crippen LogP contribution is 2.39. The summed E-state index contributed by atoms with van der Waals surface area (Å²) < 4.78 is 23.4. The Morgan fingerprint density at radius 1 is 1.31 bits per heavy atom. The van der Waals surface area contributed by atoms with Gasteiger partial charge in [-0.1, -0.05) is 26.8 Å². The Kier molecular flexibility index (Phi) is 10.4. The zero-order valence-corrected chi connectivity index (χ0v) is 26.6. The first kappa shape index (κ1) is 29.5. The summed E-state index contributed by atoms with van der Waals surface area (Å²) >= 11 is 1.76.